The summed E-state index contributed by atoms with van der Waals surface area (Å²) in [6.45, 7) is 20.9. The van der Waals surface area contributed by atoms with Crippen LogP contribution < -0.4 is 0 Å². The van der Waals surface area contributed by atoms with Crippen molar-refractivity contribution in [1.29, 1.82) is 0 Å². The van der Waals surface area contributed by atoms with E-state index in [9.17, 15) is 4.79 Å². The van der Waals surface area contributed by atoms with Gasteiger partial charge in [-0.3, -0.25) is 4.79 Å². The lowest BCUT2D eigenvalue weighted by Gasteiger charge is -2.38. The van der Waals surface area contributed by atoms with Crippen LogP contribution in [0, 0.1) is 0 Å². The van der Waals surface area contributed by atoms with E-state index in [1.807, 2.05) is 34.6 Å². The highest BCUT2D eigenvalue weighted by molar-refractivity contribution is 6.74. The summed E-state index contributed by atoms with van der Waals surface area (Å²) in [4.78, 5) is 12.4. The third-order valence-corrected chi connectivity index (χ3v) is 10.2. The molecule has 23 heavy (non-hydrogen) atoms. The van der Waals surface area contributed by atoms with Crippen LogP contribution in [0.5, 0.6) is 0 Å². The topological polar surface area (TPSA) is 44.8 Å². The summed E-state index contributed by atoms with van der Waals surface area (Å²) in [5, 5.41) is 0.104. The first-order valence-electron chi connectivity index (χ1n) is 8.65. The van der Waals surface area contributed by atoms with Gasteiger partial charge in [0.2, 0.25) is 0 Å². The molecule has 1 saturated heterocycles. The van der Waals surface area contributed by atoms with Gasteiger partial charge in [-0.1, -0.05) is 20.8 Å². The number of rotatable bonds is 6. The van der Waals surface area contributed by atoms with Gasteiger partial charge >= 0.3 is 7.12 Å². The molecule has 0 aromatic rings. The molecule has 134 valence electrons. The van der Waals surface area contributed by atoms with Crippen LogP contribution in [-0.2, 0) is 18.5 Å². The molecule has 0 aromatic heterocycles. The van der Waals surface area contributed by atoms with Crippen molar-refractivity contribution in [3.63, 3.8) is 0 Å². The second-order valence-electron chi connectivity index (χ2n) is 9.21. The van der Waals surface area contributed by atoms with E-state index < -0.39 is 8.32 Å². The molecule has 0 saturated carbocycles. The number of hydrogen-bond acceptors (Lipinski definition) is 4. The van der Waals surface area contributed by atoms with Gasteiger partial charge in [0.15, 0.2) is 14.1 Å². The Kier molecular flexibility index (Phi) is 6.01. The van der Waals surface area contributed by atoms with Gasteiger partial charge in [-0.15, -0.1) is 0 Å². The third-order valence-electron chi connectivity index (χ3n) is 5.66. The molecule has 1 atom stereocenters. The number of Topliss-reactive ketones (excluding diaryl/α,β-unsaturated/α-hetero) is 1. The van der Waals surface area contributed by atoms with Crippen molar-refractivity contribution < 1.29 is 18.5 Å². The average molecular weight is 342 g/mol. The Hall–Kier alpha value is -0.168. The van der Waals surface area contributed by atoms with Crippen LogP contribution >= 0.6 is 0 Å². The molecule has 1 aliphatic rings. The molecular weight excluding hydrogens is 307 g/mol. The van der Waals surface area contributed by atoms with E-state index in [0.29, 0.717) is 12.7 Å². The summed E-state index contributed by atoms with van der Waals surface area (Å²) >= 11 is 0. The summed E-state index contributed by atoms with van der Waals surface area (Å²) in [6, 6.07) is 0. The molecule has 0 aliphatic carbocycles. The third kappa shape index (κ3) is 4.91. The van der Waals surface area contributed by atoms with Crippen molar-refractivity contribution in [2.75, 3.05) is 0 Å². The molecule has 1 fully saturated rings. The predicted octanol–water partition coefficient (Wildman–Crippen LogP) is 4.45. The summed E-state index contributed by atoms with van der Waals surface area (Å²) in [5.41, 5.74) is -0.687. The fourth-order valence-corrected chi connectivity index (χ4v) is 3.60. The highest BCUT2D eigenvalue weighted by Crippen LogP contribution is 2.39. The number of carbonyl (C=O) groups excluding carboxylic acids is 1. The lowest BCUT2D eigenvalue weighted by atomic mass is 9.82. The van der Waals surface area contributed by atoms with Crippen LogP contribution in [0.2, 0.25) is 24.5 Å². The maximum Gasteiger partial charge on any atom is 0.458 e. The Bertz CT molecular complexity index is 424. The fourth-order valence-electron chi connectivity index (χ4n) is 2.23. The largest absolute Gasteiger partial charge is 0.458 e. The van der Waals surface area contributed by atoms with Crippen LogP contribution in [0.1, 0.15) is 61.8 Å². The number of ketones is 1. The second kappa shape index (κ2) is 6.62. The summed E-state index contributed by atoms with van der Waals surface area (Å²) < 4.78 is 18.1. The van der Waals surface area contributed by atoms with Gasteiger partial charge in [0.05, 0.1) is 11.2 Å². The standard InChI is InChI=1S/C17H35BO4Si/c1-13(20-23(9,10)15(2,3)4)14(19)11-12-18-21-16(5,6)17(7,8)22-18/h13H,11-12H2,1-10H3. The smallest absolute Gasteiger partial charge is 0.407 e. The van der Waals surface area contributed by atoms with Gasteiger partial charge in [-0.25, -0.2) is 0 Å². The molecular formula is C17H35BO4Si. The zero-order chi connectivity index (χ0) is 18.3. The Balaban J connectivity index is 2.52. The van der Waals surface area contributed by atoms with Crippen molar-refractivity contribution in [2.24, 2.45) is 0 Å². The maximum absolute atomic E-state index is 12.4. The predicted molar refractivity (Wildman–Crippen MR) is 98.3 cm³/mol. The van der Waals surface area contributed by atoms with Gasteiger partial charge < -0.3 is 13.7 Å². The van der Waals surface area contributed by atoms with E-state index in [1.54, 1.807) is 0 Å². The average Bonchev–Trinajstić information content (AvgIpc) is 2.52. The minimum absolute atomic E-state index is 0.104. The van der Waals surface area contributed by atoms with Crippen molar-refractivity contribution in [1.82, 2.24) is 0 Å². The van der Waals surface area contributed by atoms with Crippen molar-refractivity contribution >= 4 is 21.2 Å². The highest BCUT2D eigenvalue weighted by atomic mass is 28.4. The molecule has 0 amide bonds. The first-order valence-corrected chi connectivity index (χ1v) is 11.6. The minimum Gasteiger partial charge on any atom is -0.407 e. The zero-order valence-electron chi connectivity index (χ0n) is 16.7. The van der Waals surface area contributed by atoms with Gasteiger partial charge in [0.25, 0.3) is 0 Å². The Morgan fingerprint density at radius 1 is 1.13 bits per heavy atom. The molecule has 6 heteroatoms. The van der Waals surface area contributed by atoms with E-state index in [4.69, 9.17) is 13.7 Å². The van der Waals surface area contributed by atoms with Gasteiger partial charge in [0.1, 0.15) is 6.10 Å². The van der Waals surface area contributed by atoms with Crippen LogP contribution in [-0.4, -0.2) is 38.5 Å². The quantitative estimate of drug-likeness (QED) is 0.669. The van der Waals surface area contributed by atoms with E-state index in [2.05, 4.69) is 33.9 Å². The molecule has 1 rings (SSSR count). The zero-order valence-corrected chi connectivity index (χ0v) is 17.7. The molecule has 0 bridgehead atoms. The van der Waals surface area contributed by atoms with Crippen molar-refractivity contribution in [3.05, 3.63) is 0 Å². The van der Waals surface area contributed by atoms with Gasteiger partial charge in [-0.2, -0.15) is 0 Å². The summed E-state index contributed by atoms with van der Waals surface area (Å²) in [6.07, 6.45) is 0.641. The Morgan fingerprint density at radius 3 is 1.96 bits per heavy atom. The Morgan fingerprint density at radius 2 is 1.57 bits per heavy atom. The monoisotopic (exact) mass is 342 g/mol. The molecule has 1 unspecified atom stereocenters. The lowest BCUT2D eigenvalue weighted by Crippen LogP contribution is -2.45. The van der Waals surface area contributed by atoms with E-state index in [1.165, 1.54) is 0 Å². The molecule has 0 N–H and O–H groups in total. The molecule has 1 aliphatic heterocycles. The lowest BCUT2D eigenvalue weighted by molar-refractivity contribution is -0.125. The minimum atomic E-state index is -1.92. The molecule has 1 heterocycles. The van der Waals surface area contributed by atoms with Crippen molar-refractivity contribution in [3.8, 4) is 0 Å². The fraction of sp³-hybridized carbons (Fsp3) is 0.941. The van der Waals surface area contributed by atoms with E-state index >= 15 is 0 Å². The van der Waals surface area contributed by atoms with Gasteiger partial charge in [-0.05, 0) is 59.1 Å². The summed E-state index contributed by atoms with van der Waals surface area (Å²) in [5.74, 6) is 0.129. The highest BCUT2D eigenvalue weighted by Gasteiger charge is 2.50. The van der Waals surface area contributed by atoms with Gasteiger partial charge in [0, 0.05) is 6.42 Å². The first-order chi connectivity index (χ1) is 10.1. The Labute approximate surface area is 143 Å². The van der Waals surface area contributed by atoms with Crippen LogP contribution in [0.25, 0.3) is 0 Å². The van der Waals surface area contributed by atoms with Crippen LogP contribution in [0.4, 0.5) is 0 Å². The van der Waals surface area contributed by atoms with Crippen LogP contribution in [0.15, 0.2) is 0 Å². The second-order valence-corrected chi connectivity index (χ2v) is 14.0. The number of hydrogen-bond donors (Lipinski definition) is 0. The first kappa shape index (κ1) is 20.9. The van der Waals surface area contributed by atoms with E-state index in [-0.39, 0.29) is 35.2 Å². The number of carbonyl (C=O) groups is 1. The van der Waals surface area contributed by atoms with Crippen molar-refractivity contribution in [2.45, 2.75) is 104 Å². The van der Waals surface area contributed by atoms with Crippen LogP contribution in [0.3, 0.4) is 0 Å². The SMILES string of the molecule is CC(O[Si](C)(C)C(C)(C)C)C(=O)CCB1OC(C)(C)C(C)(C)O1. The van der Waals surface area contributed by atoms with E-state index in [0.717, 1.165) is 0 Å². The molecule has 4 nitrogen and oxygen atoms in total. The molecule has 0 spiro atoms. The molecule has 0 radical (unpaired) electrons. The molecule has 0 aromatic carbocycles. The normalized spacial score (nSPS) is 22.3. The maximum atomic E-state index is 12.4. The summed E-state index contributed by atoms with van der Waals surface area (Å²) in [7, 11) is -2.24.